The average molecular weight is 162 g/mol. The summed E-state index contributed by atoms with van der Waals surface area (Å²) >= 11 is 4.14. The van der Waals surface area contributed by atoms with Crippen LogP contribution in [0.25, 0.3) is 0 Å². The Balaban J connectivity index is 2.17. The lowest BCUT2D eigenvalue weighted by molar-refractivity contribution is 1.07. The maximum absolute atomic E-state index is 2.26. The van der Waals surface area contributed by atoms with Gasteiger partial charge in [0.2, 0.25) is 0 Å². The summed E-state index contributed by atoms with van der Waals surface area (Å²) in [5.41, 5.74) is 0. The van der Waals surface area contributed by atoms with Crippen molar-refractivity contribution in [1.82, 2.24) is 0 Å². The number of thioether (sulfide) groups is 2. The number of hydrogen-bond donors (Lipinski definition) is 0. The van der Waals surface area contributed by atoms with Gasteiger partial charge < -0.3 is 0 Å². The lowest BCUT2D eigenvalue weighted by atomic mass is 10.5. The summed E-state index contributed by atoms with van der Waals surface area (Å²) in [4.78, 5) is 0. The zero-order valence-corrected chi connectivity index (χ0v) is 7.78. The highest BCUT2D eigenvalue weighted by atomic mass is 32.2. The Bertz CT molecular complexity index is 78.9. The molecule has 1 aliphatic rings. The van der Waals surface area contributed by atoms with Crippen LogP contribution in [-0.4, -0.2) is 22.5 Å². The van der Waals surface area contributed by atoms with Crippen molar-refractivity contribution in [2.45, 2.75) is 24.5 Å². The summed E-state index contributed by atoms with van der Waals surface area (Å²) in [6, 6.07) is 0. The molecule has 54 valence electrons. The van der Waals surface area contributed by atoms with Gasteiger partial charge in [0.1, 0.15) is 0 Å². The molecule has 1 rings (SSSR count). The maximum Gasteiger partial charge on any atom is 0.0251 e. The molecular weight excluding hydrogens is 148 g/mol. The lowest BCUT2D eigenvalue weighted by Crippen LogP contribution is -2.05. The summed E-state index contributed by atoms with van der Waals surface area (Å²) in [6.07, 6.45) is 5.13. The third-order valence-corrected chi connectivity index (χ3v) is 4.14. The van der Waals surface area contributed by atoms with Gasteiger partial charge in [0.05, 0.1) is 0 Å². The molecule has 0 heterocycles. The molecule has 0 aromatic rings. The molecule has 2 heteroatoms. The molecule has 0 nitrogen and oxygen atoms in total. The van der Waals surface area contributed by atoms with E-state index in [0.717, 1.165) is 4.75 Å². The quantitative estimate of drug-likeness (QED) is 0.623. The Hall–Kier alpha value is 0.700. The molecule has 0 radical (unpaired) electrons. The summed E-state index contributed by atoms with van der Waals surface area (Å²) in [5, 5.41) is 0. The third kappa shape index (κ3) is 2.08. The second-order valence-electron chi connectivity index (χ2n) is 2.55. The molecule has 0 spiro atoms. The van der Waals surface area contributed by atoms with Crippen molar-refractivity contribution >= 4 is 23.5 Å². The van der Waals surface area contributed by atoms with Gasteiger partial charge >= 0.3 is 0 Å². The summed E-state index contributed by atoms with van der Waals surface area (Å²) in [5.74, 6) is 2.66. The molecule has 1 saturated carbocycles. The van der Waals surface area contributed by atoms with Gasteiger partial charge in [0.15, 0.2) is 0 Å². The predicted octanol–water partition coefficient (Wildman–Crippen LogP) is 2.64. The Morgan fingerprint density at radius 1 is 1.44 bits per heavy atom. The molecule has 0 N–H and O–H groups in total. The summed E-state index contributed by atoms with van der Waals surface area (Å²) < 4.78 is 0.730. The first-order valence-corrected chi connectivity index (χ1v) is 5.84. The molecule has 0 unspecified atom stereocenters. The number of rotatable bonds is 4. The van der Waals surface area contributed by atoms with Gasteiger partial charge in [0.25, 0.3) is 0 Å². The molecule has 0 aliphatic heterocycles. The molecular formula is C7H14S2. The predicted molar refractivity (Wildman–Crippen MR) is 48.5 cm³/mol. The van der Waals surface area contributed by atoms with Gasteiger partial charge in [-0.25, -0.2) is 0 Å². The van der Waals surface area contributed by atoms with Crippen molar-refractivity contribution in [3.05, 3.63) is 0 Å². The van der Waals surface area contributed by atoms with E-state index in [9.17, 15) is 0 Å². The van der Waals surface area contributed by atoms with Gasteiger partial charge in [0, 0.05) is 10.5 Å². The molecule has 0 bridgehead atoms. The van der Waals surface area contributed by atoms with Gasteiger partial charge in [-0.2, -0.15) is 23.5 Å². The van der Waals surface area contributed by atoms with Crippen molar-refractivity contribution in [2.24, 2.45) is 0 Å². The second-order valence-corrected chi connectivity index (χ2v) is 5.15. The Morgan fingerprint density at radius 2 is 2.11 bits per heavy atom. The highest BCUT2D eigenvalue weighted by Crippen LogP contribution is 2.49. The molecule has 0 aromatic heterocycles. The van der Waals surface area contributed by atoms with Crippen LogP contribution in [0.1, 0.15) is 19.8 Å². The maximum atomic E-state index is 2.26. The van der Waals surface area contributed by atoms with Gasteiger partial charge in [-0.15, -0.1) is 0 Å². The van der Waals surface area contributed by atoms with E-state index in [-0.39, 0.29) is 0 Å². The van der Waals surface area contributed by atoms with Crippen LogP contribution in [0.5, 0.6) is 0 Å². The van der Waals surface area contributed by atoms with Crippen molar-refractivity contribution in [2.75, 3.05) is 17.8 Å². The fourth-order valence-corrected chi connectivity index (χ4v) is 3.54. The molecule has 0 amide bonds. The van der Waals surface area contributed by atoms with E-state index >= 15 is 0 Å². The fraction of sp³-hybridized carbons (Fsp3) is 1.00. The van der Waals surface area contributed by atoms with Crippen LogP contribution in [0.3, 0.4) is 0 Å². The van der Waals surface area contributed by atoms with Crippen molar-refractivity contribution < 1.29 is 0 Å². The SMILES string of the molecule is CCSC1(CSC)CC1. The van der Waals surface area contributed by atoms with E-state index in [1.54, 1.807) is 0 Å². The second kappa shape index (κ2) is 3.20. The van der Waals surface area contributed by atoms with E-state index in [2.05, 4.69) is 24.9 Å². The zero-order valence-electron chi connectivity index (χ0n) is 6.14. The first-order valence-electron chi connectivity index (χ1n) is 3.46. The van der Waals surface area contributed by atoms with Crippen LogP contribution in [0.2, 0.25) is 0 Å². The summed E-state index contributed by atoms with van der Waals surface area (Å²) in [6.45, 7) is 2.26. The van der Waals surface area contributed by atoms with Crippen molar-refractivity contribution in [3.8, 4) is 0 Å². The van der Waals surface area contributed by atoms with Crippen LogP contribution >= 0.6 is 23.5 Å². The van der Waals surface area contributed by atoms with Crippen LogP contribution in [0.4, 0.5) is 0 Å². The van der Waals surface area contributed by atoms with E-state index < -0.39 is 0 Å². The van der Waals surface area contributed by atoms with E-state index in [1.807, 2.05) is 11.8 Å². The van der Waals surface area contributed by atoms with Crippen LogP contribution in [-0.2, 0) is 0 Å². The van der Waals surface area contributed by atoms with Gasteiger partial charge in [-0.3, -0.25) is 0 Å². The normalized spacial score (nSPS) is 22.0. The minimum absolute atomic E-state index is 0.730. The molecule has 0 saturated heterocycles. The topological polar surface area (TPSA) is 0 Å². The Kier molecular flexibility index (Phi) is 2.77. The minimum atomic E-state index is 0.730. The van der Waals surface area contributed by atoms with Crippen LogP contribution < -0.4 is 0 Å². The summed E-state index contributed by atoms with van der Waals surface area (Å²) in [7, 11) is 0. The van der Waals surface area contributed by atoms with E-state index in [1.165, 1.54) is 24.3 Å². The zero-order chi connectivity index (χ0) is 6.74. The molecule has 1 fully saturated rings. The monoisotopic (exact) mass is 162 g/mol. The number of hydrogen-bond acceptors (Lipinski definition) is 2. The smallest absolute Gasteiger partial charge is 0.0251 e. The Labute approximate surface area is 66.2 Å². The third-order valence-electron chi connectivity index (χ3n) is 1.67. The molecule has 9 heavy (non-hydrogen) atoms. The first-order chi connectivity index (χ1) is 4.33. The molecule has 0 aromatic carbocycles. The van der Waals surface area contributed by atoms with Gasteiger partial charge in [-0.1, -0.05) is 6.92 Å². The Morgan fingerprint density at radius 3 is 2.44 bits per heavy atom. The van der Waals surface area contributed by atoms with Crippen molar-refractivity contribution in [3.63, 3.8) is 0 Å². The average Bonchev–Trinajstić information content (AvgIpc) is 2.51. The highest BCUT2D eigenvalue weighted by Gasteiger charge is 2.41. The van der Waals surface area contributed by atoms with Crippen LogP contribution in [0.15, 0.2) is 0 Å². The van der Waals surface area contributed by atoms with Crippen LogP contribution in [0, 0.1) is 0 Å². The lowest BCUT2D eigenvalue weighted by Gasteiger charge is -2.09. The standard InChI is InChI=1S/C7H14S2/c1-3-9-7(4-5-7)6-8-2/h3-6H2,1-2H3. The van der Waals surface area contributed by atoms with Crippen molar-refractivity contribution in [1.29, 1.82) is 0 Å². The molecule has 1 aliphatic carbocycles. The van der Waals surface area contributed by atoms with Gasteiger partial charge in [-0.05, 0) is 24.9 Å². The highest BCUT2D eigenvalue weighted by molar-refractivity contribution is 8.03. The fourth-order valence-electron chi connectivity index (χ4n) is 1.04. The van der Waals surface area contributed by atoms with E-state index in [0.29, 0.717) is 0 Å². The van der Waals surface area contributed by atoms with E-state index in [4.69, 9.17) is 0 Å². The first kappa shape index (κ1) is 7.80. The minimum Gasteiger partial charge on any atom is -0.164 e. The molecule has 0 atom stereocenters. The largest absolute Gasteiger partial charge is 0.164 e.